The summed E-state index contributed by atoms with van der Waals surface area (Å²) in [5.74, 6) is 0.375. The average Bonchev–Trinajstić information content (AvgIpc) is 2.92. The van der Waals surface area contributed by atoms with Crippen molar-refractivity contribution in [2.45, 2.75) is 45.2 Å². The van der Waals surface area contributed by atoms with Gasteiger partial charge in [0.25, 0.3) is 0 Å². The van der Waals surface area contributed by atoms with E-state index in [-0.39, 0.29) is 12.5 Å². The molecule has 0 unspecified atom stereocenters. The third kappa shape index (κ3) is 6.27. The standard InChI is InChI=1S/C15H27F3N4O/c1-4-19-13(20-10-9-15(16,17)18)21-11-14(7-5-6-8-14)12(23)22(2)3/h4-11H2,1-3H3,(H2,19,20,21). The fourth-order valence-electron chi connectivity index (χ4n) is 2.86. The lowest BCUT2D eigenvalue weighted by atomic mass is 9.85. The molecule has 1 rings (SSSR count). The van der Waals surface area contributed by atoms with E-state index < -0.39 is 18.0 Å². The molecule has 1 aliphatic carbocycles. The number of aliphatic imine (C=N–C) groups is 1. The van der Waals surface area contributed by atoms with Crippen LogP contribution in [0.15, 0.2) is 4.99 Å². The van der Waals surface area contributed by atoms with Crippen LogP contribution in [0.5, 0.6) is 0 Å². The minimum absolute atomic E-state index is 0.0462. The molecule has 5 nitrogen and oxygen atoms in total. The number of hydrogen-bond acceptors (Lipinski definition) is 2. The van der Waals surface area contributed by atoms with E-state index in [1.807, 2.05) is 6.92 Å². The van der Waals surface area contributed by atoms with Crippen LogP contribution in [0.3, 0.4) is 0 Å². The molecule has 8 heteroatoms. The molecule has 1 aliphatic rings. The summed E-state index contributed by atoms with van der Waals surface area (Å²) in [6, 6.07) is 0. The van der Waals surface area contributed by atoms with Crippen LogP contribution in [0, 0.1) is 5.41 Å². The molecule has 1 amide bonds. The zero-order valence-corrected chi connectivity index (χ0v) is 14.1. The molecule has 134 valence electrons. The summed E-state index contributed by atoms with van der Waals surface area (Å²) in [6.07, 6.45) is -1.61. The van der Waals surface area contributed by atoms with Crippen LogP contribution in [0.25, 0.3) is 0 Å². The van der Waals surface area contributed by atoms with Crippen molar-refractivity contribution in [2.75, 3.05) is 33.7 Å². The van der Waals surface area contributed by atoms with Gasteiger partial charge in [0.15, 0.2) is 5.96 Å². The molecule has 1 saturated carbocycles. The first-order valence-corrected chi connectivity index (χ1v) is 8.01. The predicted octanol–water partition coefficient (Wildman–Crippen LogP) is 2.14. The fourth-order valence-corrected chi connectivity index (χ4v) is 2.86. The second-order valence-electron chi connectivity index (χ2n) is 6.17. The number of carbonyl (C=O) groups excluding carboxylic acids is 1. The molecule has 0 aliphatic heterocycles. The molecule has 0 spiro atoms. The molecule has 1 fully saturated rings. The van der Waals surface area contributed by atoms with E-state index >= 15 is 0 Å². The van der Waals surface area contributed by atoms with Crippen LogP contribution in [0.1, 0.15) is 39.0 Å². The number of hydrogen-bond donors (Lipinski definition) is 2. The van der Waals surface area contributed by atoms with Gasteiger partial charge < -0.3 is 15.5 Å². The number of nitrogens with one attached hydrogen (secondary N) is 2. The molecule has 0 heterocycles. The third-order valence-corrected chi connectivity index (χ3v) is 4.01. The highest BCUT2D eigenvalue weighted by atomic mass is 19.4. The van der Waals surface area contributed by atoms with E-state index in [1.165, 1.54) is 0 Å². The Balaban J connectivity index is 2.71. The fraction of sp³-hybridized carbons (Fsp3) is 0.867. The highest BCUT2D eigenvalue weighted by Gasteiger charge is 2.42. The summed E-state index contributed by atoms with van der Waals surface area (Å²) < 4.78 is 36.7. The molecule has 0 bridgehead atoms. The Kier molecular flexibility index (Phi) is 7.15. The van der Waals surface area contributed by atoms with Gasteiger partial charge in [-0.3, -0.25) is 9.79 Å². The minimum atomic E-state index is -4.20. The van der Waals surface area contributed by atoms with Gasteiger partial charge in [0.05, 0.1) is 18.4 Å². The van der Waals surface area contributed by atoms with Crippen LogP contribution in [-0.2, 0) is 4.79 Å². The molecular weight excluding hydrogens is 309 g/mol. The summed E-state index contributed by atoms with van der Waals surface area (Å²) in [4.78, 5) is 18.4. The molecule has 0 aromatic rings. The van der Waals surface area contributed by atoms with E-state index in [9.17, 15) is 18.0 Å². The zero-order chi connectivity index (χ0) is 17.5. The van der Waals surface area contributed by atoms with Crippen LogP contribution in [-0.4, -0.2) is 56.7 Å². The number of alkyl halides is 3. The topological polar surface area (TPSA) is 56.7 Å². The average molecular weight is 336 g/mol. The summed E-state index contributed by atoms with van der Waals surface area (Å²) in [5.41, 5.74) is -0.518. The zero-order valence-electron chi connectivity index (χ0n) is 14.1. The number of halogens is 3. The van der Waals surface area contributed by atoms with Gasteiger partial charge in [-0.1, -0.05) is 12.8 Å². The third-order valence-electron chi connectivity index (χ3n) is 4.01. The lowest BCUT2D eigenvalue weighted by Gasteiger charge is -2.29. The number of guanidine groups is 1. The first-order valence-electron chi connectivity index (χ1n) is 8.01. The summed E-state index contributed by atoms with van der Waals surface area (Å²) in [6.45, 7) is 2.46. The van der Waals surface area contributed by atoms with Crippen molar-refractivity contribution in [1.29, 1.82) is 0 Å². The van der Waals surface area contributed by atoms with Crippen molar-refractivity contribution in [2.24, 2.45) is 10.4 Å². The lowest BCUT2D eigenvalue weighted by Crippen LogP contribution is -2.43. The second kappa shape index (κ2) is 8.40. The summed E-state index contributed by atoms with van der Waals surface area (Å²) in [5, 5.41) is 5.61. The smallest absolute Gasteiger partial charge is 0.357 e. The molecule has 0 aromatic heterocycles. The van der Waals surface area contributed by atoms with Crippen molar-refractivity contribution in [3.63, 3.8) is 0 Å². The quantitative estimate of drug-likeness (QED) is 0.577. The highest BCUT2D eigenvalue weighted by Crippen LogP contribution is 2.39. The lowest BCUT2D eigenvalue weighted by molar-refractivity contribution is -0.138. The van der Waals surface area contributed by atoms with Gasteiger partial charge in [-0.15, -0.1) is 0 Å². The summed E-state index contributed by atoms with van der Waals surface area (Å²) >= 11 is 0. The van der Waals surface area contributed by atoms with Gasteiger partial charge in [-0.25, -0.2) is 0 Å². The number of carbonyl (C=O) groups is 1. The van der Waals surface area contributed by atoms with Crippen molar-refractivity contribution in [3.05, 3.63) is 0 Å². The molecular formula is C15H27F3N4O. The Labute approximate surface area is 135 Å². The Hall–Kier alpha value is -1.47. The first-order chi connectivity index (χ1) is 10.7. The Morgan fingerprint density at radius 3 is 2.30 bits per heavy atom. The van der Waals surface area contributed by atoms with Crippen LogP contribution in [0.4, 0.5) is 13.2 Å². The number of nitrogens with zero attached hydrogens (tertiary/aromatic N) is 2. The van der Waals surface area contributed by atoms with Gasteiger partial charge in [0.2, 0.25) is 5.91 Å². The van der Waals surface area contributed by atoms with Gasteiger partial charge in [-0.05, 0) is 19.8 Å². The van der Waals surface area contributed by atoms with Crippen molar-refractivity contribution < 1.29 is 18.0 Å². The Bertz CT molecular complexity index is 415. The maximum Gasteiger partial charge on any atom is 0.390 e. The highest BCUT2D eigenvalue weighted by molar-refractivity contribution is 5.84. The molecule has 23 heavy (non-hydrogen) atoms. The van der Waals surface area contributed by atoms with Crippen molar-refractivity contribution >= 4 is 11.9 Å². The van der Waals surface area contributed by atoms with Gasteiger partial charge in [0.1, 0.15) is 0 Å². The summed E-state index contributed by atoms with van der Waals surface area (Å²) in [7, 11) is 3.44. The van der Waals surface area contributed by atoms with E-state index in [0.29, 0.717) is 19.0 Å². The van der Waals surface area contributed by atoms with Crippen molar-refractivity contribution in [1.82, 2.24) is 15.5 Å². The van der Waals surface area contributed by atoms with Crippen LogP contribution >= 0.6 is 0 Å². The van der Waals surface area contributed by atoms with Crippen LogP contribution in [0.2, 0.25) is 0 Å². The SMILES string of the molecule is CCNC(=NCC1(C(=O)N(C)C)CCCC1)NCCC(F)(F)F. The maximum atomic E-state index is 12.5. The monoisotopic (exact) mass is 336 g/mol. The normalized spacial score (nSPS) is 17.9. The van der Waals surface area contributed by atoms with Crippen molar-refractivity contribution in [3.8, 4) is 0 Å². The number of rotatable bonds is 6. The Morgan fingerprint density at radius 2 is 1.83 bits per heavy atom. The van der Waals surface area contributed by atoms with Gasteiger partial charge in [0, 0.05) is 27.2 Å². The largest absolute Gasteiger partial charge is 0.390 e. The first kappa shape index (κ1) is 19.6. The molecule has 0 aromatic carbocycles. The van der Waals surface area contributed by atoms with Crippen LogP contribution < -0.4 is 10.6 Å². The molecule has 0 atom stereocenters. The van der Waals surface area contributed by atoms with E-state index in [2.05, 4.69) is 15.6 Å². The molecule has 2 N–H and O–H groups in total. The second-order valence-corrected chi connectivity index (χ2v) is 6.17. The van der Waals surface area contributed by atoms with Gasteiger partial charge >= 0.3 is 6.18 Å². The molecule has 0 saturated heterocycles. The van der Waals surface area contributed by atoms with Gasteiger partial charge in [-0.2, -0.15) is 13.2 Å². The maximum absolute atomic E-state index is 12.5. The van der Waals surface area contributed by atoms with E-state index in [4.69, 9.17) is 0 Å². The Morgan fingerprint density at radius 1 is 1.22 bits per heavy atom. The van der Waals surface area contributed by atoms with E-state index in [0.717, 1.165) is 25.7 Å². The predicted molar refractivity (Wildman–Crippen MR) is 84.2 cm³/mol. The minimum Gasteiger partial charge on any atom is -0.357 e. The van der Waals surface area contributed by atoms with E-state index in [1.54, 1.807) is 19.0 Å². The molecule has 0 radical (unpaired) electrons. The number of amides is 1.